The molecule has 7 nitrogen and oxygen atoms in total. The van der Waals surface area contributed by atoms with E-state index in [0.29, 0.717) is 11.7 Å². The lowest BCUT2D eigenvalue weighted by Gasteiger charge is -2.37. The molecule has 0 unspecified atom stereocenters. The largest absolute Gasteiger partial charge is 0.356 e. The highest BCUT2D eigenvalue weighted by Gasteiger charge is 2.34. The molecule has 3 aromatic rings. The number of carbonyl (C=O) groups excluding carboxylic acids is 1. The Morgan fingerprint density at radius 3 is 2.71 bits per heavy atom. The Morgan fingerprint density at radius 1 is 1.14 bits per heavy atom. The van der Waals surface area contributed by atoms with Crippen molar-refractivity contribution < 1.29 is 9.32 Å². The quantitative estimate of drug-likeness (QED) is 0.696. The predicted molar refractivity (Wildman–Crippen MR) is 104 cm³/mol. The fourth-order valence-electron chi connectivity index (χ4n) is 4.45. The molecule has 4 heterocycles. The van der Waals surface area contributed by atoms with Crippen LogP contribution in [0.15, 0.2) is 22.9 Å². The minimum Gasteiger partial charge on any atom is -0.356 e. The monoisotopic (exact) mass is 379 g/mol. The van der Waals surface area contributed by atoms with E-state index < -0.39 is 0 Å². The summed E-state index contributed by atoms with van der Waals surface area (Å²) >= 11 is 0. The van der Waals surface area contributed by atoms with Gasteiger partial charge in [-0.1, -0.05) is 11.6 Å². The summed E-state index contributed by atoms with van der Waals surface area (Å²) in [5.74, 6) is 1.47. The van der Waals surface area contributed by atoms with Crippen LogP contribution < -0.4 is 0 Å². The highest BCUT2D eigenvalue weighted by molar-refractivity contribution is 5.80. The summed E-state index contributed by atoms with van der Waals surface area (Å²) in [6.45, 7) is 5.47. The van der Waals surface area contributed by atoms with Crippen LogP contribution in [-0.4, -0.2) is 43.7 Å². The van der Waals surface area contributed by atoms with Crippen LogP contribution in [0.5, 0.6) is 0 Å². The first-order valence-electron chi connectivity index (χ1n) is 10.2. The van der Waals surface area contributed by atoms with Crippen molar-refractivity contribution >= 4 is 11.6 Å². The standard InChI is InChI=1S/C21H25N5O2/c1-13-10-19-22-11-17(18-9-14(2)24-28-18)20(26(19)23-13)16-7-4-8-25(12-16)21(27)15-5-3-6-15/h9-11,15-16H,3-8,12H2,1-2H3/t16-/m1/s1. The van der Waals surface area contributed by atoms with Crippen LogP contribution >= 0.6 is 0 Å². The molecular formula is C21H25N5O2. The summed E-state index contributed by atoms with van der Waals surface area (Å²) in [5.41, 5.74) is 4.58. The van der Waals surface area contributed by atoms with Crippen molar-refractivity contribution in [3.63, 3.8) is 0 Å². The molecule has 0 bridgehead atoms. The number of aromatic nitrogens is 4. The van der Waals surface area contributed by atoms with Crippen LogP contribution in [-0.2, 0) is 4.79 Å². The summed E-state index contributed by atoms with van der Waals surface area (Å²) in [6, 6.07) is 3.92. The Hall–Kier alpha value is -2.70. The average molecular weight is 379 g/mol. The zero-order valence-electron chi connectivity index (χ0n) is 16.4. The first-order chi connectivity index (χ1) is 13.6. The highest BCUT2D eigenvalue weighted by atomic mass is 16.5. The number of hydrogen-bond donors (Lipinski definition) is 0. The molecule has 1 aliphatic heterocycles. The Bertz CT molecular complexity index is 1030. The smallest absolute Gasteiger partial charge is 0.225 e. The topological polar surface area (TPSA) is 76.5 Å². The van der Waals surface area contributed by atoms with Crippen LogP contribution in [0.2, 0.25) is 0 Å². The number of nitrogens with zero attached hydrogens (tertiary/aromatic N) is 5. The molecule has 2 aliphatic rings. The molecular weight excluding hydrogens is 354 g/mol. The fourth-order valence-corrected chi connectivity index (χ4v) is 4.45. The van der Waals surface area contributed by atoms with Crippen molar-refractivity contribution in [3.05, 3.63) is 35.4 Å². The number of amides is 1. The number of aryl methyl sites for hydroxylation is 2. The maximum atomic E-state index is 12.8. The minimum absolute atomic E-state index is 0.197. The summed E-state index contributed by atoms with van der Waals surface area (Å²) in [7, 11) is 0. The normalized spacial score (nSPS) is 20.5. The maximum absolute atomic E-state index is 12.8. The number of rotatable bonds is 3. The Morgan fingerprint density at radius 2 is 2.00 bits per heavy atom. The lowest BCUT2D eigenvalue weighted by Crippen LogP contribution is -2.44. The zero-order chi connectivity index (χ0) is 19.3. The molecule has 1 amide bonds. The van der Waals surface area contributed by atoms with Gasteiger partial charge >= 0.3 is 0 Å². The van der Waals surface area contributed by atoms with E-state index in [-0.39, 0.29) is 11.8 Å². The van der Waals surface area contributed by atoms with Gasteiger partial charge in [0, 0.05) is 43.3 Å². The van der Waals surface area contributed by atoms with Crippen LogP contribution in [0.3, 0.4) is 0 Å². The van der Waals surface area contributed by atoms with E-state index in [4.69, 9.17) is 9.62 Å². The van der Waals surface area contributed by atoms with E-state index in [1.165, 1.54) is 6.42 Å². The number of hydrogen-bond acceptors (Lipinski definition) is 5. The van der Waals surface area contributed by atoms with Gasteiger partial charge in [0.05, 0.1) is 22.6 Å². The number of piperidine rings is 1. The number of likely N-dealkylation sites (tertiary alicyclic amines) is 1. The molecule has 1 saturated heterocycles. The molecule has 7 heteroatoms. The Labute approximate surface area is 163 Å². The van der Waals surface area contributed by atoms with Gasteiger partial charge in [-0.3, -0.25) is 4.79 Å². The molecule has 146 valence electrons. The molecule has 28 heavy (non-hydrogen) atoms. The van der Waals surface area contributed by atoms with Crippen LogP contribution in [0.25, 0.3) is 17.0 Å². The van der Waals surface area contributed by atoms with Gasteiger partial charge in [0.15, 0.2) is 11.4 Å². The summed E-state index contributed by atoms with van der Waals surface area (Å²) < 4.78 is 7.50. The highest BCUT2D eigenvalue weighted by Crippen LogP contribution is 2.36. The van der Waals surface area contributed by atoms with E-state index >= 15 is 0 Å². The van der Waals surface area contributed by atoms with Crippen LogP contribution in [0.4, 0.5) is 0 Å². The van der Waals surface area contributed by atoms with Crippen molar-refractivity contribution in [2.75, 3.05) is 13.1 Å². The van der Waals surface area contributed by atoms with E-state index in [1.54, 1.807) is 0 Å². The van der Waals surface area contributed by atoms with Gasteiger partial charge in [-0.05, 0) is 39.5 Å². The van der Waals surface area contributed by atoms with E-state index in [9.17, 15) is 4.79 Å². The molecule has 0 N–H and O–H groups in total. The average Bonchev–Trinajstić information content (AvgIpc) is 3.24. The van der Waals surface area contributed by atoms with Gasteiger partial charge in [-0.2, -0.15) is 5.10 Å². The second-order valence-electron chi connectivity index (χ2n) is 8.20. The first-order valence-corrected chi connectivity index (χ1v) is 10.2. The molecule has 1 saturated carbocycles. The summed E-state index contributed by atoms with van der Waals surface area (Å²) in [5, 5.41) is 8.75. The van der Waals surface area contributed by atoms with Gasteiger partial charge in [-0.25, -0.2) is 9.50 Å². The van der Waals surface area contributed by atoms with E-state index in [0.717, 1.165) is 67.1 Å². The first kappa shape index (κ1) is 17.4. The van der Waals surface area contributed by atoms with Gasteiger partial charge in [0.2, 0.25) is 5.91 Å². The van der Waals surface area contributed by atoms with Crippen molar-refractivity contribution in [2.45, 2.75) is 51.9 Å². The second-order valence-corrected chi connectivity index (χ2v) is 8.20. The molecule has 0 spiro atoms. The SMILES string of the molecule is Cc1cc(-c2cnc3cc(C)nn3c2[C@@H]2CCCN(C(=O)C3CCC3)C2)on1. The third-order valence-corrected chi connectivity index (χ3v) is 6.11. The van der Waals surface area contributed by atoms with E-state index in [2.05, 4.69) is 15.0 Å². The third kappa shape index (κ3) is 2.89. The molecule has 0 radical (unpaired) electrons. The van der Waals surface area contributed by atoms with E-state index in [1.807, 2.05) is 36.7 Å². The van der Waals surface area contributed by atoms with Crippen LogP contribution in [0, 0.1) is 19.8 Å². The summed E-state index contributed by atoms with van der Waals surface area (Å²) in [4.78, 5) is 19.5. The molecule has 1 aliphatic carbocycles. The lowest BCUT2D eigenvalue weighted by atomic mass is 9.83. The fraction of sp³-hybridized carbons (Fsp3) is 0.524. The molecule has 2 fully saturated rings. The number of fused-ring (bicyclic) bond motifs is 1. The number of carbonyl (C=O) groups is 1. The molecule has 1 atom stereocenters. The van der Waals surface area contributed by atoms with Crippen LogP contribution in [0.1, 0.15) is 55.1 Å². The molecule has 5 rings (SSSR count). The van der Waals surface area contributed by atoms with Gasteiger partial charge in [0.1, 0.15) is 0 Å². The van der Waals surface area contributed by atoms with Gasteiger partial charge in [-0.15, -0.1) is 0 Å². The summed E-state index contributed by atoms with van der Waals surface area (Å²) in [6.07, 6.45) is 7.15. The second kappa shape index (κ2) is 6.72. The van der Waals surface area contributed by atoms with Crippen molar-refractivity contribution in [2.24, 2.45) is 5.92 Å². The maximum Gasteiger partial charge on any atom is 0.225 e. The molecule has 3 aromatic heterocycles. The minimum atomic E-state index is 0.197. The van der Waals surface area contributed by atoms with Crippen molar-refractivity contribution in [1.82, 2.24) is 24.7 Å². The third-order valence-electron chi connectivity index (χ3n) is 6.11. The predicted octanol–water partition coefficient (Wildman–Crippen LogP) is 3.51. The Balaban J connectivity index is 1.57. The Kier molecular flexibility index (Phi) is 4.18. The molecule has 0 aromatic carbocycles. The van der Waals surface area contributed by atoms with Gasteiger partial charge in [0.25, 0.3) is 0 Å². The van der Waals surface area contributed by atoms with Crippen molar-refractivity contribution in [1.29, 1.82) is 0 Å². The van der Waals surface area contributed by atoms with Gasteiger partial charge < -0.3 is 9.42 Å². The zero-order valence-corrected chi connectivity index (χ0v) is 16.4. The van der Waals surface area contributed by atoms with Crippen molar-refractivity contribution in [3.8, 4) is 11.3 Å². The lowest BCUT2D eigenvalue weighted by molar-refractivity contribution is -0.139.